The number of aliphatic hydroxyl groups is 2. The molecule has 1 heterocycles. The van der Waals surface area contributed by atoms with Gasteiger partial charge in [0.1, 0.15) is 5.75 Å². The first-order chi connectivity index (χ1) is 10.1. The Morgan fingerprint density at radius 2 is 1.90 bits per heavy atom. The summed E-state index contributed by atoms with van der Waals surface area (Å²) in [5, 5.41) is 18.5. The van der Waals surface area contributed by atoms with Crippen LogP contribution < -0.4 is 4.74 Å². The second kappa shape index (κ2) is 7.20. The Hall–Kier alpha value is -1.91. The van der Waals surface area contributed by atoms with Gasteiger partial charge in [-0.1, -0.05) is 32.0 Å². The van der Waals surface area contributed by atoms with Crippen LogP contribution in [0.1, 0.15) is 36.6 Å². The number of aromatic nitrogens is 1. The van der Waals surface area contributed by atoms with Crippen molar-refractivity contribution in [3.63, 3.8) is 0 Å². The topological polar surface area (TPSA) is 62.6 Å². The predicted octanol–water partition coefficient (Wildman–Crippen LogP) is 3.02. The van der Waals surface area contributed by atoms with Gasteiger partial charge in [0.25, 0.3) is 0 Å². The highest BCUT2D eigenvalue weighted by atomic mass is 16.5. The van der Waals surface area contributed by atoms with Crippen LogP contribution in [0.2, 0.25) is 0 Å². The Morgan fingerprint density at radius 1 is 1.14 bits per heavy atom. The van der Waals surface area contributed by atoms with Crippen molar-refractivity contribution in [1.82, 2.24) is 4.98 Å². The highest BCUT2D eigenvalue weighted by Crippen LogP contribution is 2.27. The van der Waals surface area contributed by atoms with E-state index in [1.807, 2.05) is 44.2 Å². The average Bonchev–Trinajstić information content (AvgIpc) is 2.49. The van der Waals surface area contributed by atoms with Gasteiger partial charge in [0.2, 0.25) is 5.88 Å². The fraction of sp³-hybridized carbons (Fsp3) is 0.353. The average molecular weight is 287 g/mol. The van der Waals surface area contributed by atoms with Gasteiger partial charge in [-0.05, 0) is 35.6 Å². The molecule has 2 aromatic rings. The first kappa shape index (κ1) is 15.5. The van der Waals surface area contributed by atoms with E-state index in [9.17, 15) is 5.11 Å². The maximum atomic E-state index is 9.36. The minimum Gasteiger partial charge on any atom is -0.439 e. The van der Waals surface area contributed by atoms with Gasteiger partial charge in [0.05, 0.1) is 6.61 Å². The molecule has 2 rings (SSSR count). The number of para-hydroxylation sites is 1. The minimum atomic E-state index is -0.0448. The number of ether oxygens (including phenoxy) is 1. The number of hydrogen-bond donors (Lipinski definition) is 2. The van der Waals surface area contributed by atoms with Gasteiger partial charge >= 0.3 is 0 Å². The highest BCUT2D eigenvalue weighted by molar-refractivity contribution is 5.37. The Morgan fingerprint density at radius 3 is 2.57 bits per heavy atom. The molecule has 1 aromatic carbocycles. The lowest BCUT2D eigenvalue weighted by Gasteiger charge is -2.13. The van der Waals surface area contributed by atoms with E-state index in [2.05, 4.69) is 4.98 Å². The van der Waals surface area contributed by atoms with Gasteiger partial charge in [-0.15, -0.1) is 0 Å². The van der Waals surface area contributed by atoms with Crippen molar-refractivity contribution >= 4 is 0 Å². The summed E-state index contributed by atoms with van der Waals surface area (Å²) in [4.78, 5) is 4.48. The molecule has 0 saturated heterocycles. The molecule has 112 valence electrons. The van der Waals surface area contributed by atoms with Crippen LogP contribution >= 0.6 is 0 Å². The molecule has 0 aliphatic carbocycles. The largest absolute Gasteiger partial charge is 0.439 e. The van der Waals surface area contributed by atoms with Crippen LogP contribution in [0.25, 0.3) is 0 Å². The van der Waals surface area contributed by atoms with Crippen molar-refractivity contribution in [2.45, 2.75) is 32.8 Å². The van der Waals surface area contributed by atoms with E-state index < -0.39 is 0 Å². The SMILES string of the molecule is CC(C)c1cc(CO)cc(Oc2ccccc2CCO)n1. The molecule has 0 aliphatic rings. The monoisotopic (exact) mass is 287 g/mol. The maximum absolute atomic E-state index is 9.36. The van der Waals surface area contributed by atoms with E-state index >= 15 is 0 Å². The summed E-state index contributed by atoms with van der Waals surface area (Å²) in [7, 11) is 0. The molecule has 0 radical (unpaired) electrons. The fourth-order valence-electron chi connectivity index (χ4n) is 2.06. The van der Waals surface area contributed by atoms with Crippen molar-refractivity contribution in [2.75, 3.05) is 6.61 Å². The van der Waals surface area contributed by atoms with E-state index in [4.69, 9.17) is 9.84 Å². The molecule has 0 unspecified atom stereocenters. The first-order valence-corrected chi connectivity index (χ1v) is 7.12. The van der Waals surface area contributed by atoms with Crippen molar-refractivity contribution in [2.24, 2.45) is 0 Å². The molecule has 0 spiro atoms. The van der Waals surface area contributed by atoms with Crippen LogP contribution in [0.5, 0.6) is 11.6 Å². The van der Waals surface area contributed by atoms with Crippen molar-refractivity contribution in [3.05, 3.63) is 53.2 Å². The third-order valence-corrected chi connectivity index (χ3v) is 3.22. The summed E-state index contributed by atoms with van der Waals surface area (Å²) in [6.45, 7) is 4.12. The van der Waals surface area contributed by atoms with E-state index in [0.29, 0.717) is 18.1 Å². The lowest BCUT2D eigenvalue weighted by Crippen LogP contribution is -2.00. The fourth-order valence-corrected chi connectivity index (χ4v) is 2.06. The lowest BCUT2D eigenvalue weighted by atomic mass is 10.1. The zero-order valence-electron chi connectivity index (χ0n) is 12.4. The number of aliphatic hydroxyl groups excluding tert-OH is 2. The van der Waals surface area contributed by atoms with Crippen molar-refractivity contribution < 1.29 is 14.9 Å². The summed E-state index contributed by atoms with van der Waals surface area (Å²) >= 11 is 0. The lowest BCUT2D eigenvalue weighted by molar-refractivity contribution is 0.280. The van der Waals surface area contributed by atoms with Crippen LogP contribution in [0, 0.1) is 0 Å². The minimum absolute atomic E-state index is 0.0448. The van der Waals surface area contributed by atoms with Crippen molar-refractivity contribution in [3.8, 4) is 11.6 Å². The Kier molecular flexibility index (Phi) is 5.31. The quantitative estimate of drug-likeness (QED) is 0.857. The van der Waals surface area contributed by atoms with E-state index in [1.54, 1.807) is 6.07 Å². The summed E-state index contributed by atoms with van der Waals surface area (Å²) in [6.07, 6.45) is 0.535. The molecule has 4 heteroatoms. The van der Waals surface area contributed by atoms with Crippen LogP contribution in [0.4, 0.5) is 0 Å². The molecule has 0 amide bonds. The maximum Gasteiger partial charge on any atom is 0.219 e. The first-order valence-electron chi connectivity index (χ1n) is 7.12. The second-order valence-corrected chi connectivity index (χ2v) is 5.23. The van der Waals surface area contributed by atoms with E-state index in [0.717, 1.165) is 16.8 Å². The van der Waals surface area contributed by atoms with Gasteiger partial charge < -0.3 is 14.9 Å². The second-order valence-electron chi connectivity index (χ2n) is 5.23. The van der Waals surface area contributed by atoms with Crippen LogP contribution in [0.3, 0.4) is 0 Å². The summed E-state index contributed by atoms with van der Waals surface area (Å²) < 4.78 is 5.86. The third kappa shape index (κ3) is 4.03. The van der Waals surface area contributed by atoms with E-state index in [1.165, 1.54) is 0 Å². The van der Waals surface area contributed by atoms with E-state index in [-0.39, 0.29) is 19.1 Å². The standard InChI is InChI=1S/C17H21NO3/c1-12(2)15-9-13(11-20)10-17(18-15)21-16-6-4-3-5-14(16)7-8-19/h3-6,9-10,12,19-20H,7-8,11H2,1-2H3. The summed E-state index contributed by atoms with van der Waals surface area (Å²) in [6, 6.07) is 11.2. The molecular formula is C17H21NO3. The van der Waals surface area contributed by atoms with Crippen LogP contribution in [-0.4, -0.2) is 21.8 Å². The number of nitrogens with zero attached hydrogens (tertiary/aromatic N) is 1. The van der Waals surface area contributed by atoms with Gasteiger partial charge in [-0.25, -0.2) is 4.98 Å². The Balaban J connectivity index is 2.32. The molecule has 0 atom stereocenters. The van der Waals surface area contributed by atoms with Gasteiger partial charge in [-0.3, -0.25) is 0 Å². The Labute approximate surface area is 125 Å². The molecule has 0 saturated carbocycles. The van der Waals surface area contributed by atoms with Crippen LogP contribution in [0.15, 0.2) is 36.4 Å². The van der Waals surface area contributed by atoms with Gasteiger partial charge in [-0.2, -0.15) is 0 Å². The Bertz CT molecular complexity index is 596. The number of pyridine rings is 1. The smallest absolute Gasteiger partial charge is 0.219 e. The predicted molar refractivity (Wildman–Crippen MR) is 81.6 cm³/mol. The molecule has 0 bridgehead atoms. The highest BCUT2D eigenvalue weighted by Gasteiger charge is 2.09. The zero-order valence-corrected chi connectivity index (χ0v) is 12.4. The molecular weight excluding hydrogens is 266 g/mol. The normalized spacial score (nSPS) is 10.9. The molecule has 1 aromatic heterocycles. The molecule has 2 N–H and O–H groups in total. The zero-order chi connectivity index (χ0) is 15.2. The van der Waals surface area contributed by atoms with Crippen molar-refractivity contribution in [1.29, 1.82) is 0 Å². The third-order valence-electron chi connectivity index (χ3n) is 3.22. The van der Waals surface area contributed by atoms with Gasteiger partial charge in [0, 0.05) is 18.4 Å². The number of benzene rings is 1. The molecule has 0 aliphatic heterocycles. The summed E-state index contributed by atoms with van der Waals surface area (Å²) in [5.74, 6) is 1.41. The summed E-state index contributed by atoms with van der Waals surface area (Å²) in [5.41, 5.74) is 2.60. The van der Waals surface area contributed by atoms with Gasteiger partial charge in [0.15, 0.2) is 0 Å². The number of hydrogen-bond acceptors (Lipinski definition) is 4. The number of rotatable bonds is 6. The molecule has 4 nitrogen and oxygen atoms in total. The molecule has 21 heavy (non-hydrogen) atoms. The van der Waals surface area contributed by atoms with Crippen LogP contribution in [-0.2, 0) is 13.0 Å². The molecule has 0 fully saturated rings.